The lowest BCUT2D eigenvalue weighted by molar-refractivity contribution is -0.333. The Labute approximate surface area is 217 Å². The number of rotatable bonds is 10. The number of phosphoric acid groups is 1. The summed E-state index contributed by atoms with van der Waals surface area (Å²) in [7, 11) is 1.53. The summed E-state index contributed by atoms with van der Waals surface area (Å²) in [4.78, 5) is 37.1. The van der Waals surface area contributed by atoms with E-state index in [0.29, 0.717) is 17.1 Å². The molecule has 1 aromatic heterocycles. The summed E-state index contributed by atoms with van der Waals surface area (Å²) in [6, 6.07) is 12.5. The van der Waals surface area contributed by atoms with Crippen LogP contribution in [0.15, 0.2) is 52.9 Å². The highest BCUT2D eigenvalue weighted by atomic mass is 31.2. The first-order valence-corrected chi connectivity index (χ1v) is 12.5. The maximum atomic E-state index is 14.0. The number of ether oxygens (including phenoxy) is 5. The van der Waals surface area contributed by atoms with Crippen molar-refractivity contribution in [2.24, 2.45) is 0 Å². The lowest BCUT2D eigenvalue weighted by Gasteiger charge is -2.29. The Morgan fingerprint density at radius 2 is 1.37 bits per heavy atom. The number of benzene rings is 3. The number of phosphoric ester groups is 1. The van der Waals surface area contributed by atoms with Gasteiger partial charge in [0, 0.05) is 16.5 Å². The number of hydrogen-bond donors (Lipinski definition) is 0. The van der Waals surface area contributed by atoms with Crippen molar-refractivity contribution in [2.75, 3.05) is 35.5 Å². The van der Waals surface area contributed by atoms with Gasteiger partial charge >= 0.3 is 0 Å². The summed E-state index contributed by atoms with van der Waals surface area (Å²) in [5.74, 6) is 0.371. The molecule has 12 heteroatoms. The molecule has 0 unspecified atom stereocenters. The monoisotopic (exact) mass is 542 g/mol. The third-order valence-corrected chi connectivity index (χ3v) is 6.11. The normalized spacial score (nSPS) is 11.2. The van der Waals surface area contributed by atoms with Crippen molar-refractivity contribution < 1.29 is 51.8 Å². The molecule has 0 bridgehead atoms. The Bertz CT molecular complexity index is 1510. The smallest absolute Gasteiger partial charge is 0.209 e. The van der Waals surface area contributed by atoms with Gasteiger partial charge in [0.25, 0.3) is 0 Å². The Hall–Kier alpha value is -4.18. The molecular formula is C26H23O11P-2. The number of methoxy groups -OCH3 is 5. The molecule has 0 saturated heterocycles. The van der Waals surface area contributed by atoms with Gasteiger partial charge < -0.3 is 47.0 Å². The third-order valence-electron chi connectivity index (χ3n) is 5.71. The summed E-state index contributed by atoms with van der Waals surface area (Å²) < 4.78 is 48.8. The maximum Gasteiger partial charge on any atom is 0.209 e. The predicted molar refractivity (Wildman–Crippen MR) is 133 cm³/mol. The van der Waals surface area contributed by atoms with Crippen LogP contribution in [-0.4, -0.2) is 41.3 Å². The molecule has 0 saturated carbocycles. The van der Waals surface area contributed by atoms with Crippen molar-refractivity contribution in [1.82, 2.24) is 0 Å². The van der Waals surface area contributed by atoms with E-state index in [4.69, 9.17) is 32.6 Å². The molecule has 0 fully saturated rings. The molecule has 0 aliphatic rings. The fourth-order valence-corrected chi connectivity index (χ4v) is 4.40. The highest BCUT2D eigenvalue weighted by molar-refractivity contribution is 7.43. The van der Waals surface area contributed by atoms with E-state index >= 15 is 0 Å². The fraction of sp³-hybridized carbons (Fsp3) is 0.192. The van der Waals surface area contributed by atoms with E-state index in [1.807, 2.05) is 0 Å². The van der Waals surface area contributed by atoms with Gasteiger partial charge in [0.05, 0.1) is 41.1 Å². The lowest BCUT2D eigenvalue weighted by atomic mass is 9.96. The summed E-state index contributed by atoms with van der Waals surface area (Å²) in [6.45, 7) is 0. The second-order valence-electron chi connectivity index (χ2n) is 7.79. The second-order valence-corrected chi connectivity index (χ2v) is 8.87. The van der Waals surface area contributed by atoms with Crippen LogP contribution in [0.3, 0.4) is 0 Å². The first-order chi connectivity index (χ1) is 18.1. The molecule has 1 heterocycles. The molecule has 3 aromatic carbocycles. The first kappa shape index (κ1) is 26.9. The standard InChI is InChI=1S/C26H25O11P/c1-31-16-8-6-14(7-9-16)23-21(22(27)15-12-19(33-3)25(35-5)20(13-15)34-4)17-10-11-18(32-2)26(24(17)36-23)37-38(28,29)30/h6-13H,1-5H3,(H2,28,29,30)/p-2. The highest BCUT2D eigenvalue weighted by Gasteiger charge is 2.29. The highest BCUT2D eigenvalue weighted by Crippen LogP contribution is 2.47. The number of carbonyl (C=O) groups is 1. The van der Waals surface area contributed by atoms with Gasteiger partial charge in [-0.15, -0.1) is 0 Å². The Morgan fingerprint density at radius 1 is 0.763 bits per heavy atom. The molecule has 0 radical (unpaired) electrons. The Kier molecular flexibility index (Phi) is 7.54. The minimum Gasteiger partial charge on any atom is -0.780 e. The fourth-order valence-electron chi connectivity index (χ4n) is 4.00. The average molecular weight is 542 g/mol. The van der Waals surface area contributed by atoms with Gasteiger partial charge in [-0.05, 0) is 48.5 Å². The molecule has 4 aromatic rings. The van der Waals surface area contributed by atoms with E-state index in [1.165, 1.54) is 59.8 Å². The van der Waals surface area contributed by atoms with Gasteiger partial charge in [-0.1, -0.05) is 0 Å². The average Bonchev–Trinajstić information content (AvgIpc) is 3.31. The van der Waals surface area contributed by atoms with Crippen molar-refractivity contribution >= 4 is 24.6 Å². The molecule has 38 heavy (non-hydrogen) atoms. The number of fused-ring (bicyclic) bond motifs is 1. The molecule has 0 amide bonds. The van der Waals surface area contributed by atoms with E-state index in [1.54, 1.807) is 24.3 Å². The largest absolute Gasteiger partial charge is 0.780 e. The van der Waals surface area contributed by atoms with Crippen molar-refractivity contribution in [1.29, 1.82) is 0 Å². The molecule has 200 valence electrons. The van der Waals surface area contributed by atoms with Crippen LogP contribution in [0, 0.1) is 0 Å². The van der Waals surface area contributed by atoms with E-state index in [9.17, 15) is 19.1 Å². The zero-order valence-electron chi connectivity index (χ0n) is 21.1. The van der Waals surface area contributed by atoms with Crippen LogP contribution in [0.25, 0.3) is 22.3 Å². The Morgan fingerprint density at radius 3 is 1.87 bits per heavy atom. The second kappa shape index (κ2) is 10.7. The quantitative estimate of drug-likeness (QED) is 0.214. The van der Waals surface area contributed by atoms with Gasteiger partial charge in [-0.3, -0.25) is 4.79 Å². The summed E-state index contributed by atoms with van der Waals surface area (Å²) in [6.07, 6.45) is 0. The Balaban J connectivity index is 2.03. The summed E-state index contributed by atoms with van der Waals surface area (Å²) in [5, 5.41) is 0.179. The number of furan rings is 1. The van der Waals surface area contributed by atoms with Crippen LogP contribution in [0.4, 0.5) is 0 Å². The number of ketones is 1. The van der Waals surface area contributed by atoms with Gasteiger partial charge in [-0.25, -0.2) is 0 Å². The van der Waals surface area contributed by atoms with E-state index in [-0.39, 0.29) is 45.1 Å². The number of hydrogen-bond acceptors (Lipinski definition) is 11. The van der Waals surface area contributed by atoms with Crippen molar-refractivity contribution in [3.63, 3.8) is 0 Å². The van der Waals surface area contributed by atoms with Crippen LogP contribution in [-0.2, 0) is 4.57 Å². The summed E-state index contributed by atoms with van der Waals surface area (Å²) >= 11 is 0. The molecule has 0 spiro atoms. The molecule has 0 aliphatic heterocycles. The lowest BCUT2D eigenvalue weighted by Crippen LogP contribution is -2.19. The topological polar surface area (TPSA) is 149 Å². The molecule has 0 N–H and O–H groups in total. The minimum atomic E-state index is -5.52. The van der Waals surface area contributed by atoms with Gasteiger partial charge in [-0.2, -0.15) is 0 Å². The molecular weight excluding hydrogens is 519 g/mol. The SMILES string of the molecule is COc1ccc(-c2oc3c(OP(=O)([O-])[O-])c(OC)ccc3c2C(=O)c2cc(OC)c(OC)c(OC)c2)cc1. The molecule has 4 rings (SSSR count). The molecule has 0 aliphatic carbocycles. The van der Waals surface area contributed by atoms with E-state index < -0.39 is 19.4 Å². The third kappa shape index (κ3) is 4.99. The van der Waals surface area contributed by atoms with Gasteiger partial charge in [0.15, 0.2) is 28.6 Å². The minimum absolute atomic E-state index is 0.0681. The zero-order valence-corrected chi connectivity index (χ0v) is 22.0. The van der Waals surface area contributed by atoms with E-state index in [2.05, 4.69) is 0 Å². The van der Waals surface area contributed by atoms with Gasteiger partial charge in [0.1, 0.15) is 19.3 Å². The van der Waals surface area contributed by atoms with Gasteiger partial charge in [0.2, 0.25) is 11.5 Å². The first-order valence-electron chi connectivity index (χ1n) is 11.0. The van der Waals surface area contributed by atoms with Crippen molar-refractivity contribution in [3.8, 4) is 45.8 Å². The zero-order chi connectivity index (χ0) is 27.6. The molecule has 0 atom stereocenters. The molecule has 11 nitrogen and oxygen atoms in total. The van der Waals surface area contributed by atoms with Crippen LogP contribution >= 0.6 is 7.82 Å². The number of carbonyl (C=O) groups excluding carboxylic acids is 1. The van der Waals surface area contributed by atoms with Crippen LogP contribution < -0.4 is 38.0 Å². The van der Waals surface area contributed by atoms with E-state index in [0.717, 1.165) is 0 Å². The van der Waals surface area contributed by atoms with Crippen molar-refractivity contribution in [2.45, 2.75) is 0 Å². The van der Waals surface area contributed by atoms with Crippen LogP contribution in [0.5, 0.6) is 34.5 Å². The van der Waals surface area contributed by atoms with Crippen LogP contribution in [0.2, 0.25) is 0 Å². The summed E-state index contributed by atoms with van der Waals surface area (Å²) in [5.41, 5.74) is 0.528. The predicted octanol–water partition coefficient (Wildman–Crippen LogP) is 3.58. The van der Waals surface area contributed by atoms with Crippen molar-refractivity contribution in [3.05, 3.63) is 59.7 Å². The maximum absolute atomic E-state index is 14.0. The van der Waals surface area contributed by atoms with Crippen LogP contribution in [0.1, 0.15) is 15.9 Å².